The first kappa shape index (κ1) is 17.7. The van der Waals surface area contributed by atoms with E-state index in [1.54, 1.807) is 6.20 Å². The largest absolute Gasteiger partial charge is 0.489 e. The summed E-state index contributed by atoms with van der Waals surface area (Å²) in [5.74, 6) is 2.83. The molecular weight excluding hydrogens is 336 g/mol. The second kappa shape index (κ2) is 8.35. The molecule has 0 radical (unpaired) electrons. The molecule has 1 aromatic carbocycles. The summed E-state index contributed by atoms with van der Waals surface area (Å²) in [6.45, 7) is 3.58. The van der Waals surface area contributed by atoms with Gasteiger partial charge in [-0.2, -0.15) is 0 Å². The van der Waals surface area contributed by atoms with E-state index >= 15 is 0 Å². The average Bonchev–Trinajstić information content (AvgIpc) is 3.16. The first-order chi connectivity index (χ1) is 13.3. The molecule has 4 rings (SSSR count). The van der Waals surface area contributed by atoms with Crippen LogP contribution in [-0.4, -0.2) is 33.0 Å². The van der Waals surface area contributed by atoms with E-state index in [1.807, 2.05) is 30.6 Å². The molecule has 27 heavy (non-hydrogen) atoms. The van der Waals surface area contributed by atoms with E-state index in [0.717, 1.165) is 37.4 Å². The maximum atomic E-state index is 6.07. The van der Waals surface area contributed by atoms with Gasteiger partial charge in [-0.05, 0) is 31.5 Å². The first-order valence-corrected chi connectivity index (χ1v) is 9.56. The molecule has 0 N–H and O–H groups in total. The van der Waals surface area contributed by atoms with E-state index in [9.17, 15) is 0 Å². The molecule has 3 heterocycles. The van der Waals surface area contributed by atoms with Crippen molar-refractivity contribution in [3.8, 4) is 5.75 Å². The monoisotopic (exact) mass is 362 g/mol. The summed E-state index contributed by atoms with van der Waals surface area (Å²) < 4.78 is 8.35. The van der Waals surface area contributed by atoms with Crippen molar-refractivity contribution in [1.29, 1.82) is 0 Å². The molecule has 2 aromatic heterocycles. The number of imidazole rings is 1. The van der Waals surface area contributed by atoms with Crippen LogP contribution in [0.5, 0.6) is 5.75 Å². The van der Waals surface area contributed by atoms with Gasteiger partial charge in [0.1, 0.15) is 18.2 Å². The van der Waals surface area contributed by atoms with Crippen LogP contribution in [0, 0.1) is 5.92 Å². The third-order valence-electron chi connectivity index (χ3n) is 5.15. The highest BCUT2D eigenvalue weighted by Crippen LogP contribution is 2.23. The van der Waals surface area contributed by atoms with Gasteiger partial charge in [0.25, 0.3) is 0 Å². The number of ether oxygens (including phenoxy) is 1. The van der Waals surface area contributed by atoms with E-state index in [-0.39, 0.29) is 0 Å². The zero-order valence-corrected chi connectivity index (χ0v) is 15.8. The molecule has 140 valence electrons. The lowest BCUT2D eigenvalue weighted by Gasteiger charge is -2.28. The summed E-state index contributed by atoms with van der Waals surface area (Å²) in [6, 6.07) is 12.3. The number of nitrogens with zero attached hydrogens (tertiary/aromatic N) is 4. The Balaban J connectivity index is 1.35. The van der Waals surface area contributed by atoms with Crippen LogP contribution in [0.25, 0.3) is 0 Å². The summed E-state index contributed by atoms with van der Waals surface area (Å²) in [5.41, 5.74) is 2.31. The highest BCUT2D eigenvalue weighted by Gasteiger charge is 2.20. The third-order valence-corrected chi connectivity index (χ3v) is 5.15. The van der Waals surface area contributed by atoms with Gasteiger partial charge >= 0.3 is 0 Å². The summed E-state index contributed by atoms with van der Waals surface area (Å²) in [7, 11) is 2.19. The van der Waals surface area contributed by atoms with Crippen molar-refractivity contribution in [2.45, 2.75) is 32.5 Å². The Bertz CT molecular complexity index is 862. The van der Waals surface area contributed by atoms with E-state index in [2.05, 4.69) is 50.9 Å². The number of rotatable bonds is 7. The molecule has 1 atom stereocenters. The van der Waals surface area contributed by atoms with E-state index in [4.69, 9.17) is 4.74 Å². The first-order valence-electron chi connectivity index (χ1n) is 9.56. The second-order valence-electron chi connectivity index (χ2n) is 7.35. The predicted molar refractivity (Wildman–Crippen MR) is 105 cm³/mol. The number of pyridine rings is 1. The number of aromatic nitrogens is 3. The van der Waals surface area contributed by atoms with Crippen LogP contribution in [0.4, 0.5) is 0 Å². The Morgan fingerprint density at radius 2 is 2.11 bits per heavy atom. The zero-order valence-electron chi connectivity index (χ0n) is 15.8. The molecule has 1 aliphatic heterocycles. The van der Waals surface area contributed by atoms with Crippen LogP contribution >= 0.6 is 0 Å². The number of hydrogen-bond donors (Lipinski definition) is 0. The van der Waals surface area contributed by atoms with Crippen LogP contribution < -0.4 is 4.74 Å². The number of benzene rings is 1. The summed E-state index contributed by atoms with van der Waals surface area (Å²) in [6.07, 6.45) is 9.91. The lowest BCUT2D eigenvalue weighted by molar-refractivity contribution is 0.232. The number of fused-ring (bicyclic) bond motifs is 1. The predicted octanol–water partition coefficient (Wildman–Crippen LogP) is 3.55. The third kappa shape index (κ3) is 4.55. The fraction of sp³-hybridized carbons (Fsp3) is 0.364. The maximum Gasteiger partial charge on any atom is 0.124 e. The van der Waals surface area contributed by atoms with E-state index in [1.165, 1.54) is 17.8 Å². The van der Waals surface area contributed by atoms with Crippen LogP contribution in [0.3, 0.4) is 0 Å². The molecular formula is C22H26N4O. The fourth-order valence-electron chi connectivity index (χ4n) is 3.79. The highest BCUT2D eigenvalue weighted by atomic mass is 16.5. The molecule has 5 heteroatoms. The Morgan fingerprint density at radius 1 is 1.19 bits per heavy atom. The molecule has 0 fully saturated rings. The quantitative estimate of drug-likeness (QED) is 0.645. The molecule has 0 saturated carbocycles. The molecule has 1 unspecified atom stereocenters. The molecule has 3 aromatic rings. The van der Waals surface area contributed by atoms with Crippen molar-refractivity contribution in [2.24, 2.45) is 5.92 Å². The minimum atomic E-state index is 0.542. The van der Waals surface area contributed by atoms with Gasteiger partial charge in [0.15, 0.2) is 0 Å². The molecule has 1 aliphatic rings. The molecule has 0 bridgehead atoms. The molecule has 0 aliphatic carbocycles. The average molecular weight is 362 g/mol. The van der Waals surface area contributed by atoms with Gasteiger partial charge in [-0.25, -0.2) is 4.98 Å². The van der Waals surface area contributed by atoms with Gasteiger partial charge < -0.3 is 14.2 Å². The maximum absolute atomic E-state index is 6.07. The van der Waals surface area contributed by atoms with Crippen molar-refractivity contribution in [3.63, 3.8) is 0 Å². The number of hydrogen-bond acceptors (Lipinski definition) is 4. The summed E-state index contributed by atoms with van der Waals surface area (Å²) >= 11 is 0. The Morgan fingerprint density at radius 3 is 3.00 bits per heavy atom. The van der Waals surface area contributed by atoms with Gasteiger partial charge in [-0.15, -0.1) is 0 Å². The summed E-state index contributed by atoms with van der Waals surface area (Å²) in [4.78, 5) is 11.0. The summed E-state index contributed by atoms with van der Waals surface area (Å²) in [5, 5.41) is 0. The smallest absolute Gasteiger partial charge is 0.124 e. The Hall–Kier alpha value is -2.66. The van der Waals surface area contributed by atoms with E-state index in [0.29, 0.717) is 12.5 Å². The van der Waals surface area contributed by atoms with Crippen molar-refractivity contribution < 1.29 is 4.74 Å². The van der Waals surface area contributed by atoms with Crippen molar-refractivity contribution in [3.05, 3.63) is 78.1 Å². The Kier molecular flexibility index (Phi) is 5.49. The number of para-hydroxylation sites is 1. The minimum absolute atomic E-state index is 0.542. The van der Waals surface area contributed by atoms with Gasteiger partial charge in [0.05, 0.1) is 0 Å². The van der Waals surface area contributed by atoms with Crippen LogP contribution in [0.1, 0.15) is 23.4 Å². The number of aryl methyl sites for hydroxylation is 1. The molecule has 0 spiro atoms. The van der Waals surface area contributed by atoms with Gasteiger partial charge in [0, 0.05) is 62.0 Å². The molecule has 0 amide bonds. The Labute approximate surface area is 160 Å². The highest BCUT2D eigenvalue weighted by molar-refractivity contribution is 5.33. The van der Waals surface area contributed by atoms with E-state index < -0.39 is 0 Å². The van der Waals surface area contributed by atoms with Crippen LogP contribution in [0.2, 0.25) is 0 Å². The van der Waals surface area contributed by atoms with Gasteiger partial charge in [-0.1, -0.05) is 24.3 Å². The van der Waals surface area contributed by atoms with Crippen molar-refractivity contribution >= 4 is 0 Å². The topological polar surface area (TPSA) is 43.2 Å². The lowest BCUT2D eigenvalue weighted by atomic mass is 9.97. The lowest BCUT2D eigenvalue weighted by Crippen LogP contribution is -2.30. The van der Waals surface area contributed by atoms with Crippen LogP contribution in [-0.2, 0) is 26.1 Å². The fourth-order valence-corrected chi connectivity index (χ4v) is 3.79. The zero-order chi connectivity index (χ0) is 18.5. The molecule has 5 nitrogen and oxygen atoms in total. The molecule has 0 saturated heterocycles. The standard InChI is InChI=1S/C22H26N4O/c1-25(15-18-8-11-26-12-10-24-22(26)13-18)16-20-6-2-3-7-21(20)27-17-19-5-4-9-23-14-19/h2-7,9-10,12,14,18H,8,11,13,15-17H2,1H3. The van der Waals surface area contributed by atoms with Crippen molar-refractivity contribution in [1.82, 2.24) is 19.4 Å². The van der Waals surface area contributed by atoms with Gasteiger partial charge in [-0.3, -0.25) is 4.98 Å². The van der Waals surface area contributed by atoms with Crippen LogP contribution in [0.15, 0.2) is 61.2 Å². The normalized spacial score (nSPS) is 16.3. The minimum Gasteiger partial charge on any atom is -0.489 e. The van der Waals surface area contributed by atoms with Crippen molar-refractivity contribution in [2.75, 3.05) is 13.6 Å². The van der Waals surface area contributed by atoms with Gasteiger partial charge in [0.2, 0.25) is 0 Å². The second-order valence-corrected chi connectivity index (χ2v) is 7.35. The SMILES string of the molecule is CN(Cc1ccccc1OCc1cccnc1)CC1CCn2ccnc2C1.